The molecule has 2 N–H and O–H groups in total. The van der Waals surface area contributed by atoms with Crippen LogP contribution in [-0.4, -0.2) is 27.1 Å². The summed E-state index contributed by atoms with van der Waals surface area (Å²) in [7, 11) is 0. The molecule has 0 radical (unpaired) electrons. The van der Waals surface area contributed by atoms with Crippen molar-refractivity contribution < 1.29 is 40.3 Å². The van der Waals surface area contributed by atoms with Crippen LogP contribution in [0.25, 0.3) is 39.4 Å². The Kier molecular flexibility index (Phi) is 7.21. The highest BCUT2D eigenvalue weighted by molar-refractivity contribution is 5.91. The molecule has 0 aliphatic heterocycles. The van der Waals surface area contributed by atoms with Gasteiger partial charge < -0.3 is 19.5 Å². The van der Waals surface area contributed by atoms with E-state index in [9.17, 15) is 31.1 Å². The van der Waals surface area contributed by atoms with E-state index in [-0.39, 0.29) is 34.4 Å². The number of primary amides is 1. The van der Waals surface area contributed by atoms with Crippen LogP contribution in [0, 0.1) is 19.7 Å². The minimum absolute atomic E-state index is 0.0387. The van der Waals surface area contributed by atoms with Crippen molar-refractivity contribution in [3.63, 3.8) is 0 Å². The van der Waals surface area contributed by atoms with Gasteiger partial charge in [-0.05, 0) is 66.8 Å². The highest BCUT2D eigenvalue weighted by Gasteiger charge is 2.50. The molecule has 1 aliphatic carbocycles. The summed E-state index contributed by atoms with van der Waals surface area (Å²) in [5, 5.41) is 0. The number of amides is 1. The van der Waals surface area contributed by atoms with Gasteiger partial charge in [-0.2, -0.15) is 22.0 Å². The van der Waals surface area contributed by atoms with Gasteiger partial charge in [0.1, 0.15) is 11.5 Å². The van der Waals surface area contributed by atoms with Crippen LogP contribution in [0.5, 0.6) is 5.75 Å². The minimum atomic E-state index is -4.70. The van der Waals surface area contributed by atoms with Crippen LogP contribution in [0.3, 0.4) is 0 Å². The Morgan fingerprint density at radius 3 is 2.33 bits per heavy atom. The van der Waals surface area contributed by atoms with Crippen LogP contribution >= 0.6 is 0 Å². The highest BCUT2D eigenvalue weighted by atomic mass is 19.4. The van der Waals surface area contributed by atoms with Crippen LogP contribution in [-0.2, 0) is 16.4 Å². The first-order valence-electron chi connectivity index (χ1n) is 13.7. The van der Waals surface area contributed by atoms with Gasteiger partial charge in [-0.3, -0.25) is 4.79 Å². The number of hydrogen-bond donors (Lipinski definition) is 1. The summed E-state index contributed by atoms with van der Waals surface area (Å²) >= 11 is 0. The Morgan fingerprint density at radius 2 is 1.71 bits per heavy atom. The molecule has 2 heterocycles. The number of alkyl halides is 5. The van der Waals surface area contributed by atoms with Crippen LogP contribution in [0.2, 0.25) is 0 Å². The maximum Gasteiger partial charge on any atom is 0.434 e. The van der Waals surface area contributed by atoms with E-state index in [4.69, 9.17) is 10.2 Å². The lowest BCUT2D eigenvalue weighted by Gasteiger charge is -2.16. The predicted molar refractivity (Wildman–Crippen MR) is 151 cm³/mol. The summed E-state index contributed by atoms with van der Waals surface area (Å²) in [5.41, 5.74) is 6.76. The molecule has 7 nitrogen and oxygen atoms in total. The van der Waals surface area contributed by atoms with E-state index in [1.54, 1.807) is 24.3 Å². The van der Waals surface area contributed by atoms with Gasteiger partial charge in [0.2, 0.25) is 5.91 Å². The molecule has 3 aromatic carbocycles. The molecule has 0 atom stereocenters. The van der Waals surface area contributed by atoms with Crippen LogP contribution < -0.4 is 10.5 Å². The first-order chi connectivity index (χ1) is 21.3. The van der Waals surface area contributed by atoms with Gasteiger partial charge in [0.05, 0.1) is 11.1 Å². The van der Waals surface area contributed by atoms with Crippen molar-refractivity contribution in [3.05, 3.63) is 95.7 Å². The zero-order valence-corrected chi connectivity index (χ0v) is 23.8. The topological polar surface area (TPSA) is 96.2 Å². The fourth-order valence-corrected chi connectivity index (χ4v) is 5.41. The van der Waals surface area contributed by atoms with E-state index in [1.165, 1.54) is 24.5 Å². The Bertz CT molecular complexity index is 1940. The summed E-state index contributed by atoms with van der Waals surface area (Å²) in [6.07, 6.45) is -2.60. The van der Waals surface area contributed by atoms with E-state index < -0.39 is 41.4 Å². The monoisotopic (exact) mass is 626 g/mol. The van der Waals surface area contributed by atoms with E-state index in [0.29, 0.717) is 29.5 Å². The van der Waals surface area contributed by atoms with Crippen molar-refractivity contribution in [2.75, 3.05) is 0 Å². The molecule has 0 saturated heterocycles. The second-order valence-electron chi connectivity index (χ2n) is 10.7. The molecule has 0 bridgehead atoms. The van der Waals surface area contributed by atoms with Gasteiger partial charge in [-0.25, -0.2) is 14.4 Å². The predicted octanol–water partition coefficient (Wildman–Crippen LogP) is 7.75. The van der Waals surface area contributed by atoms with Crippen molar-refractivity contribution in [2.24, 2.45) is 5.73 Å². The molecule has 232 valence electrons. The molecular formula is C32H24F6N4O3. The maximum absolute atomic E-state index is 14.8. The fourth-order valence-electron chi connectivity index (χ4n) is 5.41. The van der Waals surface area contributed by atoms with Crippen molar-refractivity contribution in [1.82, 2.24) is 14.5 Å². The third kappa shape index (κ3) is 5.54. The molecule has 5 aromatic rings. The number of halogens is 6. The smallest absolute Gasteiger partial charge is 0.434 e. The molecular weight excluding hydrogens is 602 g/mol. The Morgan fingerprint density at radius 1 is 1.00 bits per heavy atom. The minimum Gasteiger partial charge on any atom is -0.440 e. The number of hydrogen-bond acceptors (Lipinski definition) is 5. The summed E-state index contributed by atoms with van der Waals surface area (Å²) < 4.78 is 92.3. The third-order valence-corrected chi connectivity index (χ3v) is 7.80. The Labute approximate surface area is 252 Å². The lowest BCUT2D eigenvalue weighted by Crippen LogP contribution is -2.28. The van der Waals surface area contributed by atoms with Crippen LogP contribution in [0.4, 0.5) is 26.3 Å². The SMILES string of the molecule is Cc1nc(-c2cc(-c3cccc(C4(C(N)=O)CC4)c3)ccc2-n2cc(C(F)(F)F)nc2C)c(-c2ccc(OC(F)F)c(F)c2)o1. The zero-order chi connectivity index (χ0) is 32.3. The number of benzene rings is 3. The van der Waals surface area contributed by atoms with Crippen molar-refractivity contribution in [2.45, 2.75) is 44.9 Å². The number of imidazole rings is 1. The van der Waals surface area contributed by atoms with Gasteiger partial charge in [-0.1, -0.05) is 30.3 Å². The number of carbonyl (C=O) groups is 1. The fraction of sp³-hybridized carbons (Fsp3) is 0.219. The molecule has 0 unspecified atom stereocenters. The summed E-state index contributed by atoms with van der Waals surface area (Å²) in [5.74, 6) is -1.94. The normalized spacial score (nSPS) is 14.2. The second kappa shape index (κ2) is 10.8. The number of ether oxygens (including phenoxy) is 1. The van der Waals surface area contributed by atoms with Gasteiger partial charge in [0, 0.05) is 24.2 Å². The molecule has 0 spiro atoms. The number of aryl methyl sites for hydroxylation is 2. The second-order valence-corrected chi connectivity index (χ2v) is 10.7. The van der Waals surface area contributed by atoms with Crippen molar-refractivity contribution in [1.29, 1.82) is 0 Å². The number of carbonyl (C=O) groups excluding carboxylic acids is 1. The Hall–Kier alpha value is -5.07. The van der Waals surface area contributed by atoms with Gasteiger partial charge in [0.15, 0.2) is 28.9 Å². The summed E-state index contributed by atoms with van der Waals surface area (Å²) in [6, 6.07) is 15.5. The molecule has 1 amide bonds. The standard InChI is InChI=1S/C32H24F6N4O3/c1-16-40-26(32(36,37)38)15-42(16)24-8-6-19(18-4-3-5-21(12-18)31(10-11-31)29(39)43)13-22(24)27-28(44-17(2)41-27)20-7-9-25(23(33)14-20)45-30(34)35/h3-9,12-15,30H,10-11H2,1-2H3,(H2,39,43). The molecule has 2 aromatic heterocycles. The quantitative estimate of drug-likeness (QED) is 0.178. The Balaban J connectivity index is 1.54. The highest BCUT2D eigenvalue weighted by Crippen LogP contribution is 2.49. The molecule has 1 aliphatic rings. The van der Waals surface area contributed by atoms with Crippen LogP contribution in [0.15, 0.2) is 71.3 Å². The lowest BCUT2D eigenvalue weighted by atomic mass is 9.91. The average molecular weight is 627 g/mol. The molecule has 1 fully saturated rings. The number of oxazole rings is 1. The van der Waals surface area contributed by atoms with Gasteiger partial charge in [0.25, 0.3) is 0 Å². The molecule has 45 heavy (non-hydrogen) atoms. The average Bonchev–Trinajstić information content (AvgIpc) is 3.58. The molecule has 1 saturated carbocycles. The van der Waals surface area contributed by atoms with Crippen LogP contribution in [0.1, 0.15) is 35.8 Å². The number of nitrogens with zero attached hydrogens (tertiary/aromatic N) is 3. The number of nitrogens with two attached hydrogens (primary N) is 1. The van der Waals surface area contributed by atoms with Gasteiger partial charge in [-0.15, -0.1) is 0 Å². The van der Waals surface area contributed by atoms with E-state index in [0.717, 1.165) is 23.9 Å². The molecule has 13 heteroatoms. The summed E-state index contributed by atoms with van der Waals surface area (Å²) in [6.45, 7) is -0.287. The largest absolute Gasteiger partial charge is 0.440 e. The lowest BCUT2D eigenvalue weighted by molar-refractivity contribution is -0.141. The third-order valence-electron chi connectivity index (χ3n) is 7.80. The van der Waals surface area contributed by atoms with E-state index in [1.807, 2.05) is 18.2 Å². The number of rotatable bonds is 8. The van der Waals surface area contributed by atoms with Crippen molar-refractivity contribution in [3.8, 4) is 45.1 Å². The first-order valence-corrected chi connectivity index (χ1v) is 13.7. The van der Waals surface area contributed by atoms with E-state index in [2.05, 4.69) is 14.7 Å². The number of aromatic nitrogens is 3. The van der Waals surface area contributed by atoms with Gasteiger partial charge >= 0.3 is 12.8 Å². The van der Waals surface area contributed by atoms with E-state index >= 15 is 0 Å². The zero-order valence-electron chi connectivity index (χ0n) is 23.8. The maximum atomic E-state index is 14.8. The van der Waals surface area contributed by atoms with Crippen molar-refractivity contribution >= 4 is 5.91 Å². The molecule has 6 rings (SSSR count). The summed E-state index contributed by atoms with van der Waals surface area (Å²) in [4.78, 5) is 20.4. The first kappa shape index (κ1) is 30.0.